The van der Waals surface area contributed by atoms with Gasteiger partial charge in [-0.1, -0.05) is 59.6 Å². The normalized spacial score (nSPS) is 12.2. The highest BCUT2D eigenvalue weighted by Gasteiger charge is 2.32. The molecule has 0 radical (unpaired) electrons. The molecular formula is C29H33BrFN3O4S. The maximum absolute atomic E-state index is 13.8. The van der Waals surface area contributed by atoms with E-state index in [4.69, 9.17) is 0 Å². The third-order valence-corrected chi connectivity index (χ3v) is 8.44. The molecule has 3 aromatic carbocycles. The van der Waals surface area contributed by atoms with Gasteiger partial charge in [-0.3, -0.25) is 13.9 Å². The van der Waals surface area contributed by atoms with Crippen molar-refractivity contribution in [2.24, 2.45) is 5.92 Å². The van der Waals surface area contributed by atoms with Gasteiger partial charge in [0.05, 0.1) is 10.6 Å². The molecule has 0 aliphatic carbocycles. The van der Waals surface area contributed by atoms with Gasteiger partial charge >= 0.3 is 0 Å². The predicted octanol–water partition coefficient (Wildman–Crippen LogP) is 5.28. The Bertz CT molecular complexity index is 1380. The van der Waals surface area contributed by atoms with Crippen LogP contribution in [0, 0.1) is 18.7 Å². The molecule has 39 heavy (non-hydrogen) atoms. The molecule has 0 fully saturated rings. The van der Waals surface area contributed by atoms with Crippen LogP contribution in [0.1, 0.15) is 31.9 Å². The zero-order valence-corrected chi connectivity index (χ0v) is 24.8. The van der Waals surface area contributed by atoms with Crippen molar-refractivity contribution in [1.82, 2.24) is 10.2 Å². The molecule has 0 aromatic heterocycles. The molecule has 0 spiro atoms. The minimum absolute atomic E-state index is 0.00703. The summed E-state index contributed by atoms with van der Waals surface area (Å²) < 4.78 is 43.0. The van der Waals surface area contributed by atoms with Gasteiger partial charge in [0.15, 0.2) is 0 Å². The van der Waals surface area contributed by atoms with Gasteiger partial charge in [0.1, 0.15) is 18.4 Å². The monoisotopic (exact) mass is 617 g/mol. The number of hydrogen-bond donors (Lipinski definition) is 1. The lowest BCUT2D eigenvalue weighted by atomic mass is 10.1. The average molecular weight is 619 g/mol. The van der Waals surface area contributed by atoms with Gasteiger partial charge in [-0.2, -0.15) is 0 Å². The molecule has 0 saturated carbocycles. The van der Waals surface area contributed by atoms with E-state index in [1.54, 1.807) is 19.1 Å². The van der Waals surface area contributed by atoms with Crippen LogP contribution in [-0.4, -0.2) is 44.3 Å². The fraction of sp³-hybridized carbons (Fsp3) is 0.310. The second-order valence-corrected chi connectivity index (χ2v) is 12.5. The van der Waals surface area contributed by atoms with E-state index in [-0.39, 0.29) is 29.0 Å². The second-order valence-electron chi connectivity index (χ2n) is 9.76. The number of sulfonamides is 1. The predicted molar refractivity (Wildman–Crippen MR) is 154 cm³/mol. The summed E-state index contributed by atoms with van der Waals surface area (Å²) in [5, 5.41) is 2.85. The number of nitrogens with zero attached hydrogens (tertiary/aromatic N) is 2. The van der Waals surface area contributed by atoms with Crippen molar-refractivity contribution < 1.29 is 22.4 Å². The first kappa shape index (κ1) is 30.3. The van der Waals surface area contributed by atoms with E-state index >= 15 is 0 Å². The fourth-order valence-corrected chi connectivity index (χ4v) is 5.47. The largest absolute Gasteiger partial charge is 0.354 e. The third-order valence-electron chi connectivity index (χ3n) is 6.12. The number of benzene rings is 3. The van der Waals surface area contributed by atoms with Gasteiger partial charge in [0.25, 0.3) is 10.0 Å². The molecule has 0 heterocycles. The fourth-order valence-electron chi connectivity index (χ4n) is 3.80. The zero-order chi connectivity index (χ0) is 28.7. The molecule has 0 saturated heterocycles. The van der Waals surface area contributed by atoms with Crippen LogP contribution in [0.15, 0.2) is 82.2 Å². The van der Waals surface area contributed by atoms with Crippen molar-refractivity contribution in [2.75, 3.05) is 17.4 Å². The number of halogens is 2. The van der Waals surface area contributed by atoms with E-state index in [2.05, 4.69) is 21.2 Å². The highest BCUT2D eigenvalue weighted by molar-refractivity contribution is 9.10. The Morgan fingerprint density at radius 1 is 0.923 bits per heavy atom. The number of amides is 2. The summed E-state index contributed by atoms with van der Waals surface area (Å²) in [7, 11) is -4.20. The summed E-state index contributed by atoms with van der Waals surface area (Å²) in [5.41, 5.74) is 1.77. The Morgan fingerprint density at radius 3 is 2.08 bits per heavy atom. The van der Waals surface area contributed by atoms with Crippen molar-refractivity contribution in [3.05, 3.63) is 94.2 Å². The quantitative estimate of drug-likeness (QED) is 0.317. The molecule has 3 aromatic rings. The lowest BCUT2D eigenvalue weighted by Crippen LogP contribution is -2.51. The highest BCUT2D eigenvalue weighted by Crippen LogP contribution is 2.25. The van der Waals surface area contributed by atoms with Crippen molar-refractivity contribution in [2.45, 2.75) is 45.2 Å². The molecule has 208 valence electrons. The molecule has 1 unspecified atom stereocenters. The molecule has 7 nitrogen and oxygen atoms in total. The van der Waals surface area contributed by atoms with Crippen molar-refractivity contribution in [1.29, 1.82) is 0 Å². The Labute approximate surface area is 238 Å². The lowest BCUT2D eigenvalue weighted by molar-refractivity contribution is -0.139. The van der Waals surface area contributed by atoms with Crippen molar-refractivity contribution in [3.63, 3.8) is 0 Å². The summed E-state index contributed by atoms with van der Waals surface area (Å²) >= 11 is 3.39. The van der Waals surface area contributed by atoms with Crippen molar-refractivity contribution in [3.8, 4) is 0 Å². The first-order valence-corrected chi connectivity index (χ1v) is 14.8. The van der Waals surface area contributed by atoms with Crippen LogP contribution in [0.5, 0.6) is 0 Å². The Balaban J connectivity index is 2.00. The van der Waals surface area contributed by atoms with Gasteiger partial charge in [-0.25, -0.2) is 12.8 Å². The van der Waals surface area contributed by atoms with Crippen LogP contribution in [0.4, 0.5) is 10.1 Å². The summed E-state index contributed by atoms with van der Waals surface area (Å²) in [4.78, 5) is 28.2. The Morgan fingerprint density at radius 2 is 1.51 bits per heavy atom. The van der Waals surface area contributed by atoms with Gasteiger partial charge in [-0.05, 0) is 73.9 Å². The highest BCUT2D eigenvalue weighted by atomic mass is 79.9. The minimum Gasteiger partial charge on any atom is -0.354 e. The summed E-state index contributed by atoms with van der Waals surface area (Å²) in [6, 6.07) is 17.6. The minimum atomic E-state index is -4.20. The van der Waals surface area contributed by atoms with Crippen LogP contribution in [-0.2, 0) is 26.2 Å². The molecule has 1 N–H and O–H groups in total. The smallest absolute Gasteiger partial charge is 0.264 e. The standard InChI is InChI=1S/C29H33BrFN3O4S/c1-20(2)17-32-29(36)22(4)33(18-23-7-9-24(30)10-8-23)28(35)19-34(26-13-11-25(31)12-14-26)39(37,38)27-15-5-21(3)6-16-27/h5-16,20,22H,17-19H2,1-4H3,(H,32,36). The molecule has 0 aliphatic rings. The second kappa shape index (κ2) is 13.2. The van der Waals surface area contributed by atoms with E-state index in [1.807, 2.05) is 45.0 Å². The Hall–Kier alpha value is -3.24. The van der Waals surface area contributed by atoms with Crippen molar-refractivity contribution >= 4 is 43.5 Å². The van der Waals surface area contributed by atoms with Crippen LogP contribution in [0.2, 0.25) is 0 Å². The zero-order valence-electron chi connectivity index (χ0n) is 22.4. The number of hydrogen-bond acceptors (Lipinski definition) is 4. The first-order valence-electron chi connectivity index (χ1n) is 12.5. The molecular weight excluding hydrogens is 585 g/mol. The first-order chi connectivity index (χ1) is 18.4. The van der Waals surface area contributed by atoms with E-state index in [0.29, 0.717) is 6.54 Å². The number of rotatable bonds is 11. The SMILES string of the molecule is Cc1ccc(S(=O)(=O)N(CC(=O)N(Cc2ccc(Br)cc2)C(C)C(=O)NCC(C)C)c2ccc(F)cc2)cc1. The van der Waals surface area contributed by atoms with Gasteiger partial charge in [0.2, 0.25) is 11.8 Å². The Kier molecular flexibility index (Phi) is 10.3. The molecule has 0 bridgehead atoms. The number of aryl methyl sites for hydroxylation is 1. The molecule has 3 rings (SSSR count). The van der Waals surface area contributed by atoms with Gasteiger partial charge in [0, 0.05) is 17.6 Å². The number of anilines is 1. The maximum Gasteiger partial charge on any atom is 0.264 e. The van der Waals surface area contributed by atoms with Crippen LogP contribution in [0.3, 0.4) is 0 Å². The number of carbonyl (C=O) groups is 2. The summed E-state index contributed by atoms with van der Waals surface area (Å²) in [6.07, 6.45) is 0. The van der Waals surface area contributed by atoms with Crippen LogP contribution >= 0.6 is 15.9 Å². The third kappa shape index (κ3) is 8.12. The molecule has 1 atom stereocenters. The maximum atomic E-state index is 13.8. The summed E-state index contributed by atoms with van der Waals surface area (Å²) in [5.74, 6) is -1.25. The van der Waals surface area contributed by atoms with Gasteiger partial charge in [-0.15, -0.1) is 0 Å². The number of carbonyl (C=O) groups excluding carboxylic acids is 2. The topological polar surface area (TPSA) is 86.8 Å². The molecule has 10 heteroatoms. The van der Waals surface area contributed by atoms with Crippen LogP contribution in [0.25, 0.3) is 0 Å². The van der Waals surface area contributed by atoms with E-state index in [9.17, 15) is 22.4 Å². The van der Waals surface area contributed by atoms with Gasteiger partial charge < -0.3 is 10.2 Å². The van der Waals surface area contributed by atoms with E-state index in [1.165, 1.54) is 29.2 Å². The number of nitrogens with one attached hydrogen (secondary N) is 1. The van der Waals surface area contributed by atoms with E-state index in [0.717, 1.165) is 32.0 Å². The average Bonchev–Trinajstić information content (AvgIpc) is 2.90. The summed E-state index contributed by atoms with van der Waals surface area (Å²) in [6.45, 7) is 7.32. The lowest BCUT2D eigenvalue weighted by Gasteiger charge is -2.32. The van der Waals surface area contributed by atoms with E-state index < -0.39 is 34.3 Å². The van der Waals surface area contributed by atoms with Crippen LogP contribution < -0.4 is 9.62 Å². The molecule has 2 amide bonds. The molecule has 0 aliphatic heterocycles.